The molecule has 0 aliphatic rings. The lowest BCUT2D eigenvalue weighted by Gasteiger charge is -2.20. The van der Waals surface area contributed by atoms with Gasteiger partial charge < -0.3 is 29.3 Å². The van der Waals surface area contributed by atoms with Crippen LogP contribution in [0.1, 0.15) is 0 Å². The van der Waals surface area contributed by atoms with Crippen LogP contribution >= 0.6 is 0 Å². The highest BCUT2D eigenvalue weighted by atomic mass is 16.5. The Hall–Kier alpha value is -2.24. The van der Waals surface area contributed by atoms with E-state index in [4.69, 9.17) is 4.74 Å². The molecule has 86 valence electrons. The maximum absolute atomic E-state index is 10.4. The van der Waals surface area contributed by atoms with Crippen molar-refractivity contribution in [3.63, 3.8) is 0 Å². The van der Waals surface area contributed by atoms with Crippen LogP contribution in [0, 0.1) is 0 Å². The SMILES string of the molecule is COc1ccc(OC(C(=O)[O-])C(=O)[O-])cc1. The molecule has 0 aromatic heterocycles. The van der Waals surface area contributed by atoms with Crippen LogP contribution in [-0.4, -0.2) is 25.2 Å². The lowest BCUT2D eigenvalue weighted by Crippen LogP contribution is -2.51. The minimum absolute atomic E-state index is 0.0687. The third-order valence-corrected chi connectivity index (χ3v) is 1.74. The van der Waals surface area contributed by atoms with Gasteiger partial charge in [0.1, 0.15) is 11.5 Å². The van der Waals surface area contributed by atoms with Crippen molar-refractivity contribution in [2.75, 3.05) is 7.11 Å². The molecule has 0 N–H and O–H groups in total. The number of carboxylic acid groups (broad SMARTS) is 2. The molecule has 0 saturated heterocycles. The molecule has 6 nitrogen and oxygen atoms in total. The molecule has 0 heterocycles. The van der Waals surface area contributed by atoms with E-state index in [-0.39, 0.29) is 5.75 Å². The summed E-state index contributed by atoms with van der Waals surface area (Å²) in [6, 6.07) is 5.74. The molecule has 0 saturated carbocycles. The molecule has 16 heavy (non-hydrogen) atoms. The molecule has 0 aliphatic carbocycles. The van der Waals surface area contributed by atoms with E-state index >= 15 is 0 Å². The Morgan fingerprint density at radius 3 is 1.88 bits per heavy atom. The van der Waals surface area contributed by atoms with Gasteiger partial charge in [-0.1, -0.05) is 0 Å². The molecule has 1 aromatic carbocycles. The zero-order chi connectivity index (χ0) is 12.1. The van der Waals surface area contributed by atoms with Gasteiger partial charge in [-0.2, -0.15) is 0 Å². The van der Waals surface area contributed by atoms with E-state index in [9.17, 15) is 19.8 Å². The molecule has 1 aromatic rings. The second kappa shape index (κ2) is 5.01. The highest BCUT2D eigenvalue weighted by Crippen LogP contribution is 2.17. The van der Waals surface area contributed by atoms with Crippen LogP contribution < -0.4 is 19.7 Å². The van der Waals surface area contributed by atoms with Gasteiger partial charge in [0.25, 0.3) is 0 Å². The molecule has 0 atom stereocenters. The first-order chi connectivity index (χ1) is 7.54. The summed E-state index contributed by atoms with van der Waals surface area (Å²) >= 11 is 0. The van der Waals surface area contributed by atoms with Gasteiger partial charge in [0.05, 0.1) is 19.0 Å². The number of ether oxygens (including phenoxy) is 2. The predicted octanol–water partition coefficient (Wildman–Crippen LogP) is -2.06. The Balaban J connectivity index is 2.77. The summed E-state index contributed by atoms with van der Waals surface area (Å²) in [5.74, 6) is -3.13. The van der Waals surface area contributed by atoms with E-state index in [1.807, 2.05) is 0 Å². The number of aliphatic carboxylic acids is 2. The fourth-order valence-corrected chi connectivity index (χ4v) is 0.983. The van der Waals surface area contributed by atoms with Crippen LogP contribution in [0.2, 0.25) is 0 Å². The molecule has 1 rings (SSSR count). The molecule has 6 heteroatoms. The van der Waals surface area contributed by atoms with Crippen molar-refractivity contribution in [2.45, 2.75) is 6.10 Å². The molecule has 0 bridgehead atoms. The molecule has 0 unspecified atom stereocenters. The average Bonchev–Trinajstić information content (AvgIpc) is 2.25. The van der Waals surface area contributed by atoms with Crippen molar-refractivity contribution in [2.24, 2.45) is 0 Å². The van der Waals surface area contributed by atoms with Gasteiger partial charge in [0.2, 0.25) is 0 Å². The number of benzene rings is 1. The Bertz CT molecular complexity index is 369. The van der Waals surface area contributed by atoms with Gasteiger partial charge in [0.15, 0.2) is 6.10 Å². The van der Waals surface area contributed by atoms with Crippen LogP contribution in [0.25, 0.3) is 0 Å². The Morgan fingerprint density at radius 2 is 1.50 bits per heavy atom. The van der Waals surface area contributed by atoms with E-state index in [1.54, 1.807) is 0 Å². The van der Waals surface area contributed by atoms with Gasteiger partial charge in [-0.3, -0.25) is 0 Å². The van der Waals surface area contributed by atoms with Crippen LogP contribution in [0.4, 0.5) is 0 Å². The van der Waals surface area contributed by atoms with E-state index in [0.717, 1.165) is 0 Å². The molecule has 0 spiro atoms. The number of carboxylic acids is 2. The summed E-state index contributed by atoms with van der Waals surface area (Å²) in [4.78, 5) is 20.8. The largest absolute Gasteiger partial charge is 0.546 e. The Morgan fingerprint density at radius 1 is 1.06 bits per heavy atom. The maximum Gasteiger partial charge on any atom is 0.177 e. The number of rotatable bonds is 5. The number of hydrogen-bond acceptors (Lipinski definition) is 6. The fourth-order valence-electron chi connectivity index (χ4n) is 0.983. The molecule has 0 fully saturated rings. The first kappa shape index (κ1) is 11.8. The van der Waals surface area contributed by atoms with E-state index in [2.05, 4.69) is 4.74 Å². The van der Waals surface area contributed by atoms with Crippen molar-refractivity contribution in [3.8, 4) is 11.5 Å². The zero-order valence-corrected chi connectivity index (χ0v) is 8.34. The van der Waals surface area contributed by atoms with Crippen molar-refractivity contribution in [3.05, 3.63) is 24.3 Å². The second-order valence-electron chi connectivity index (χ2n) is 2.81. The summed E-state index contributed by atoms with van der Waals surface area (Å²) in [6.07, 6.45) is -2.13. The molecular weight excluding hydrogens is 216 g/mol. The van der Waals surface area contributed by atoms with Gasteiger partial charge in [-0.05, 0) is 24.3 Å². The molecular formula is C10H8O6-2. The quantitative estimate of drug-likeness (QED) is 0.533. The minimum Gasteiger partial charge on any atom is -0.546 e. The standard InChI is InChI=1S/C10H10O6/c1-15-6-2-4-7(5-3-6)16-8(9(11)12)10(13)14/h2-5,8H,1H3,(H,11,12)(H,13,14)/p-2. The third kappa shape index (κ3) is 2.88. The van der Waals surface area contributed by atoms with Gasteiger partial charge in [-0.25, -0.2) is 0 Å². The number of methoxy groups -OCH3 is 1. The van der Waals surface area contributed by atoms with Crippen molar-refractivity contribution >= 4 is 11.9 Å². The molecule has 0 amide bonds. The van der Waals surface area contributed by atoms with Crippen molar-refractivity contribution in [1.82, 2.24) is 0 Å². The smallest absolute Gasteiger partial charge is 0.177 e. The minimum atomic E-state index is -2.13. The Kier molecular flexibility index (Phi) is 3.71. The van der Waals surface area contributed by atoms with E-state index < -0.39 is 18.0 Å². The normalized spacial score (nSPS) is 9.88. The highest BCUT2D eigenvalue weighted by molar-refractivity contribution is 5.94. The van der Waals surface area contributed by atoms with Crippen LogP contribution in [0.15, 0.2) is 24.3 Å². The summed E-state index contributed by atoms with van der Waals surface area (Å²) in [6.45, 7) is 0. The van der Waals surface area contributed by atoms with Crippen LogP contribution in [-0.2, 0) is 9.59 Å². The molecule has 0 aliphatic heterocycles. The van der Waals surface area contributed by atoms with E-state index in [1.165, 1.54) is 31.4 Å². The van der Waals surface area contributed by atoms with Gasteiger partial charge in [0, 0.05) is 0 Å². The number of carbonyl (C=O) groups excluding carboxylic acids is 2. The first-order valence-electron chi connectivity index (χ1n) is 4.27. The Labute approximate surface area is 91.0 Å². The first-order valence-corrected chi connectivity index (χ1v) is 4.27. The average molecular weight is 224 g/mol. The predicted molar refractivity (Wildman–Crippen MR) is 47.4 cm³/mol. The summed E-state index contributed by atoms with van der Waals surface area (Å²) in [7, 11) is 1.46. The van der Waals surface area contributed by atoms with Crippen molar-refractivity contribution in [1.29, 1.82) is 0 Å². The topological polar surface area (TPSA) is 98.7 Å². The second-order valence-corrected chi connectivity index (χ2v) is 2.81. The lowest BCUT2D eigenvalue weighted by molar-refractivity contribution is -0.334. The molecule has 0 radical (unpaired) electrons. The summed E-state index contributed by atoms with van der Waals surface area (Å²) in [5, 5.41) is 20.8. The van der Waals surface area contributed by atoms with E-state index in [0.29, 0.717) is 5.75 Å². The van der Waals surface area contributed by atoms with Gasteiger partial charge >= 0.3 is 0 Å². The number of carbonyl (C=O) groups is 2. The third-order valence-electron chi connectivity index (χ3n) is 1.74. The maximum atomic E-state index is 10.4. The van der Waals surface area contributed by atoms with Gasteiger partial charge in [-0.15, -0.1) is 0 Å². The fraction of sp³-hybridized carbons (Fsp3) is 0.200. The summed E-state index contributed by atoms with van der Waals surface area (Å²) < 4.78 is 9.51. The van der Waals surface area contributed by atoms with Crippen molar-refractivity contribution < 1.29 is 29.3 Å². The lowest BCUT2D eigenvalue weighted by atomic mass is 10.3. The zero-order valence-electron chi connectivity index (χ0n) is 8.34. The highest BCUT2D eigenvalue weighted by Gasteiger charge is 2.12. The monoisotopic (exact) mass is 224 g/mol. The van der Waals surface area contributed by atoms with Crippen LogP contribution in [0.3, 0.4) is 0 Å². The summed E-state index contributed by atoms with van der Waals surface area (Å²) in [5.41, 5.74) is 0. The number of hydrogen-bond donors (Lipinski definition) is 0. The van der Waals surface area contributed by atoms with Crippen LogP contribution in [0.5, 0.6) is 11.5 Å².